The number of hydrogen-bond acceptors (Lipinski definition) is 4. The van der Waals surface area contributed by atoms with Crippen molar-refractivity contribution in [1.82, 2.24) is 10.2 Å². The van der Waals surface area contributed by atoms with Crippen LogP contribution in [0.15, 0.2) is 72.8 Å². The number of sulfonamides is 1. The number of alkyl halides is 3. The fourth-order valence-corrected chi connectivity index (χ4v) is 6.49. The van der Waals surface area contributed by atoms with Crippen molar-refractivity contribution in [3.63, 3.8) is 0 Å². The number of halogens is 4. The van der Waals surface area contributed by atoms with E-state index in [9.17, 15) is 31.2 Å². The minimum absolute atomic E-state index is 0.0257. The molecule has 1 aliphatic rings. The summed E-state index contributed by atoms with van der Waals surface area (Å²) < 4.78 is 67.4. The number of hydrogen-bond donors (Lipinski definition) is 1. The van der Waals surface area contributed by atoms with Crippen molar-refractivity contribution < 1.29 is 31.2 Å². The number of anilines is 1. The van der Waals surface area contributed by atoms with Crippen LogP contribution in [0.1, 0.15) is 47.9 Å². The third-order valence-electron chi connectivity index (χ3n) is 7.63. The molecule has 236 valence electrons. The molecule has 1 aliphatic carbocycles. The second-order valence-corrected chi connectivity index (χ2v) is 13.5. The molecule has 1 fully saturated rings. The van der Waals surface area contributed by atoms with E-state index in [-0.39, 0.29) is 30.6 Å². The number of aryl methyl sites for hydroxylation is 1. The summed E-state index contributed by atoms with van der Waals surface area (Å²) in [6.07, 6.45) is -0.312. The molecule has 1 atom stereocenters. The second-order valence-electron chi connectivity index (χ2n) is 11.1. The Bertz CT molecular complexity index is 1580. The molecule has 1 N–H and O–H groups in total. The van der Waals surface area contributed by atoms with Gasteiger partial charge in [-0.25, -0.2) is 8.42 Å². The SMILES string of the molecule is Cc1cccc(CN(C(=O)CN(c2ccc(Cl)c(C(F)(F)F)c2)S(C)(=O)=O)[C@@H](Cc2ccccc2)C(=O)NC2CCCC2)c1. The lowest BCUT2D eigenvalue weighted by molar-refractivity contribution is -0.140. The zero-order valence-electron chi connectivity index (χ0n) is 24.5. The maximum atomic E-state index is 14.2. The van der Waals surface area contributed by atoms with Crippen LogP contribution in [0.2, 0.25) is 5.02 Å². The Kier molecular flexibility index (Phi) is 10.6. The highest BCUT2D eigenvalue weighted by Gasteiger charge is 2.37. The first-order valence-corrected chi connectivity index (χ1v) is 16.5. The molecule has 0 spiro atoms. The number of nitrogens with one attached hydrogen (secondary N) is 1. The average molecular weight is 650 g/mol. The molecule has 0 radical (unpaired) electrons. The normalized spacial score (nSPS) is 14.7. The molecule has 3 aromatic carbocycles. The number of rotatable bonds is 11. The van der Waals surface area contributed by atoms with Gasteiger partial charge in [0.05, 0.1) is 22.5 Å². The van der Waals surface area contributed by atoms with Crippen molar-refractivity contribution in [1.29, 1.82) is 0 Å². The van der Waals surface area contributed by atoms with Crippen LogP contribution in [0.5, 0.6) is 0 Å². The van der Waals surface area contributed by atoms with Gasteiger partial charge >= 0.3 is 6.18 Å². The van der Waals surface area contributed by atoms with Gasteiger partial charge in [-0.3, -0.25) is 13.9 Å². The van der Waals surface area contributed by atoms with E-state index in [2.05, 4.69) is 5.32 Å². The summed E-state index contributed by atoms with van der Waals surface area (Å²) in [6.45, 7) is 1.03. The van der Waals surface area contributed by atoms with Gasteiger partial charge in [0.1, 0.15) is 12.6 Å². The number of benzene rings is 3. The van der Waals surface area contributed by atoms with Crippen LogP contribution in [0.25, 0.3) is 0 Å². The molecule has 44 heavy (non-hydrogen) atoms. The molecule has 3 aromatic rings. The zero-order valence-corrected chi connectivity index (χ0v) is 26.1. The molecular weight excluding hydrogens is 615 g/mol. The van der Waals surface area contributed by atoms with E-state index < -0.39 is 45.3 Å². The summed E-state index contributed by atoms with van der Waals surface area (Å²) in [5.41, 5.74) is 0.814. The standard InChI is InChI=1S/C32H35ClF3N3O4S/c1-22-9-8-12-24(17-22)20-38(29(18-23-10-4-3-5-11-23)31(41)37-25-13-6-7-14-25)30(40)21-39(44(2,42)43)26-15-16-28(33)27(19-26)32(34,35)36/h3-5,8-12,15-17,19,25,29H,6-7,13-14,18,20-21H2,1-2H3,(H,37,41)/t29-/m0/s1. The monoisotopic (exact) mass is 649 g/mol. The van der Waals surface area contributed by atoms with Crippen molar-refractivity contribution in [2.24, 2.45) is 0 Å². The number of carbonyl (C=O) groups excluding carboxylic acids is 2. The van der Waals surface area contributed by atoms with E-state index in [1.807, 2.05) is 55.5 Å². The highest BCUT2D eigenvalue weighted by Crippen LogP contribution is 2.37. The Balaban J connectivity index is 1.76. The molecule has 0 unspecified atom stereocenters. The van der Waals surface area contributed by atoms with Crippen molar-refractivity contribution in [3.8, 4) is 0 Å². The van der Waals surface area contributed by atoms with Gasteiger partial charge in [-0.05, 0) is 49.1 Å². The van der Waals surface area contributed by atoms with Gasteiger partial charge < -0.3 is 10.2 Å². The van der Waals surface area contributed by atoms with Gasteiger partial charge in [-0.15, -0.1) is 0 Å². The van der Waals surface area contributed by atoms with Crippen LogP contribution in [0.4, 0.5) is 18.9 Å². The van der Waals surface area contributed by atoms with Crippen LogP contribution in [-0.2, 0) is 38.8 Å². The van der Waals surface area contributed by atoms with E-state index in [0.717, 1.165) is 55.2 Å². The van der Waals surface area contributed by atoms with Crippen molar-refractivity contribution in [2.75, 3.05) is 17.1 Å². The molecule has 4 rings (SSSR count). The quantitative estimate of drug-likeness (QED) is 0.271. The Hall–Kier alpha value is -3.57. The summed E-state index contributed by atoms with van der Waals surface area (Å²) in [5.74, 6) is -1.12. The minimum atomic E-state index is -4.85. The van der Waals surface area contributed by atoms with Crippen LogP contribution in [-0.4, -0.2) is 50.0 Å². The maximum absolute atomic E-state index is 14.2. The Morgan fingerprint density at radius 2 is 1.64 bits per heavy atom. The van der Waals surface area contributed by atoms with Gasteiger partial charge in [0.25, 0.3) is 0 Å². The third-order valence-corrected chi connectivity index (χ3v) is 9.10. The summed E-state index contributed by atoms with van der Waals surface area (Å²) in [5, 5.41) is 2.47. The summed E-state index contributed by atoms with van der Waals surface area (Å²) in [7, 11) is -4.25. The highest BCUT2D eigenvalue weighted by molar-refractivity contribution is 7.92. The molecule has 0 heterocycles. The molecule has 0 aromatic heterocycles. The summed E-state index contributed by atoms with van der Waals surface area (Å²) >= 11 is 5.77. The first-order chi connectivity index (χ1) is 20.7. The number of nitrogens with zero attached hydrogens (tertiary/aromatic N) is 2. The fourth-order valence-electron chi connectivity index (χ4n) is 5.43. The molecule has 2 amide bonds. The van der Waals surface area contributed by atoms with E-state index in [0.29, 0.717) is 15.9 Å². The molecular formula is C32H35ClF3N3O4S. The zero-order chi connectivity index (χ0) is 32.1. The van der Waals surface area contributed by atoms with Crippen molar-refractivity contribution >= 4 is 39.1 Å². The van der Waals surface area contributed by atoms with Gasteiger partial charge in [0.15, 0.2) is 0 Å². The lowest BCUT2D eigenvalue weighted by atomic mass is 10.0. The lowest BCUT2D eigenvalue weighted by Crippen LogP contribution is -2.54. The minimum Gasteiger partial charge on any atom is -0.352 e. The maximum Gasteiger partial charge on any atom is 0.417 e. The molecule has 0 saturated heterocycles. The fraction of sp³-hybridized carbons (Fsp3) is 0.375. The van der Waals surface area contributed by atoms with E-state index >= 15 is 0 Å². The van der Waals surface area contributed by atoms with Crippen molar-refractivity contribution in [3.05, 3.63) is 100 Å². The van der Waals surface area contributed by atoms with Gasteiger partial charge in [-0.1, -0.05) is 84.6 Å². The predicted octanol–water partition coefficient (Wildman–Crippen LogP) is 6.13. The third kappa shape index (κ3) is 8.75. The molecule has 1 saturated carbocycles. The van der Waals surface area contributed by atoms with E-state index in [1.165, 1.54) is 4.90 Å². The smallest absolute Gasteiger partial charge is 0.352 e. The van der Waals surface area contributed by atoms with E-state index in [4.69, 9.17) is 11.6 Å². The Labute approximate surface area is 261 Å². The molecule has 0 aliphatic heterocycles. The topological polar surface area (TPSA) is 86.8 Å². The lowest BCUT2D eigenvalue weighted by Gasteiger charge is -2.34. The number of carbonyl (C=O) groups is 2. The molecule has 12 heteroatoms. The van der Waals surface area contributed by atoms with Crippen LogP contribution >= 0.6 is 11.6 Å². The van der Waals surface area contributed by atoms with Crippen LogP contribution in [0.3, 0.4) is 0 Å². The van der Waals surface area contributed by atoms with Gasteiger partial charge in [0.2, 0.25) is 21.8 Å². The Morgan fingerprint density at radius 3 is 2.25 bits per heavy atom. The summed E-state index contributed by atoms with van der Waals surface area (Å²) in [4.78, 5) is 29.4. The van der Waals surface area contributed by atoms with Crippen LogP contribution in [0, 0.1) is 6.92 Å². The van der Waals surface area contributed by atoms with Gasteiger partial charge in [-0.2, -0.15) is 13.2 Å². The second kappa shape index (κ2) is 14.0. The first-order valence-electron chi connectivity index (χ1n) is 14.3. The first kappa shape index (κ1) is 33.3. The largest absolute Gasteiger partial charge is 0.417 e. The number of amides is 2. The Morgan fingerprint density at radius 1 is 0.977 bits per heavy atom. The van der Waals surface area contributed by atoms with E-state index in [1.54, 1.807) is 6.07 Å². The molecule has 0 bridgehead atoms. The van der Waals surface area contributed by atoms with Gasteiger partial charge in [0, 0.05) is 19.0 Å². The highest BCUT2D eigenvalue weighted by atomic mass is 35.5. The van der Waals surface area contributed by atoms with Crippen LogP contribution < -0.4 is 9.62 Å². The predicted molar refractivity (Wildman–Crippen MR) is 165 cm³/mol. The molecule has 7 nitrogen and oxygen atoms in total. The van der Waals surface area contributed by atoms with Crippen molar-refractivity contribution in [2.45, 2.75) is 63.8 Å². The summed E-state index contributed by atoms with van der Waals surface area (Å²) in [6, 6.07) is 18.1. The average Bonchev–Trinajstić information content (AvgIpc) is 3.46.